The largest absolute Gasteiger partial charge is 0.295 e. The van der Waals surface area contributed by atoms with E-state index in [1.165, 1.54) is 4.70 Å². The minimum Gasteiger partial charge on any atom is -0.295 e. The summed E-state index contributed by atoms with van der Waals surface area (Å²) in [5, 5.41) is 1.09. The van der Waals surface area contributed by atoms with Gasteiger partial charge in [0.2, 0.25) is 10.0 Å². The number of aryl methyl sites for hydroxylation is 1. The second kappa shape index (κ2) is 7.67. The number of para-hydroxylation sites is 1. The topological polar surface area (TPSA) is 53.5 Å². The van der Waals surface area contributed by atoms with Crippen LogP contribution in [0.15, 0.2) is 53.4 Å². The fourth-order valence-corrected chi connectivity index (χ4v) is 5.86. The van der Waals surface area contributed by atoms with Gasteiger partial charge in [0.1, 0.15) is 5.01 Å². The van der Waals surface area contributed by atoms with E-state index in [1.54, 1.807) is 27.8 Å². The van der Waals surface area contributed by atoms with Gasteiger partial charge in [-0.2, -0.15) is 4.31 Å². The minimum absolute atomic E-state index is 0.382. The SMILES string of the molecule is Cc1ccc(S(=O)(=O)N2CCCN(Cc3nc4ccccc4s3)CC2)cc1. The molecule has 1 saturated heterocycles. The van der Waals surface area contributed by atoms with E-state index < -0.39 is 10.0 Å². The van der Waals surface area contributed by atoms with E-state index in [-0.39, 0.29) is 0 Å². The van der Waals surface area contributed by atoms with Crippen LogP contribution in [0.3, 0.4) is 0 Å². The zero-order valence-electron chi connectivity index (χ0n) is 15.3. The summed E-state index contributed by atoms with van der Waals surface area (Å²) in [6.07, 6.45) is 0.829. The summed E-state index contributed by atoms with van der Waals surface area (Å²) in [5.74, 6) is 0. The predicted octanol–water partition coefficient (Wildman–Crippen LogP) is 3.50. The molecular formula is C20H23N3O2S2. The van der Waals surface area contributed by atoms with E-state index in [4.69, 9.17) is 4.98 Å². The van der Waals surface area contributed by atoms with E-state index >= 15 is 0 Å². The molecule has 27 heavy (non-hydrogen) atoms. The summed E-state index contributed by atoms with van der Waals surface area (Å²) in [4.78, 5) is 7.40. The van der Waals surface area contributed by atoms with E-state index in [0.717, 1.165) is 42.1 Å². The average Bonchev–Trinajstić information content (AvgIpc) is 2.91. The van der Waals surface area contributed by atoms with Gasteiger partial charge in [-0.05, 0) is 44.2 Å². The Morgan fingerprint density at radius 3 is 2.56 bits per heavy atom. The van der Waals surface area contributed by atoms with E-state index in [2.05, 4.69) is 11.0 Å². The summed E-state index contributed by atoms with van der Waals surface area (Å²) in [5.41, 5.74) is 2.10. The van der Waals surface area contributed by atoms with Gasteiger partial charge >= 0.3 is 0 Å². The van der Waals surface area contributed by atoms with Crippen LogP contribution in [0.4, 0.5) is 0 Å². The summed E-state index contributed by atoms with van der Waals surface area (Å²) >= 11 is 1.72. The summed E-state index contributed by atoms with van der Waals surface area (Å²) < 4.78 is 28.7. The highest BCUT2D eigenvalue weighted by Crippen LogP contribution is 2.24. The van der Waals surface area contributed by atoms with Crippen molar-refractivity contribution < 1.29 is 8.42 Å². The van der Waals surface area contributed by atoms with E-state index in [9.17, 15) is 8.42 Å². The summed E-state index contributed by atoms with van der Waals surface area (Å²) in [6.45, 7) is 5.42. The summed E-state index contributed by atoms with van der Waals surface area (Å²) in [7, 11) is -3.43. The molecular weight excluding hydrogens is 378 g/mol. The Morgan fingerprint density at radius 2 is 1.78 bits per heavy atom. The Morgan fingerprint density at radius 1 is 1.00 bits per heavy atom. The predicted molar refractivity (Wildman–Crippen MR) is 109 cm³/mol. The molecule has 1 fully saturated rings. The number of sulfonamides is 1. The molecule has 2 aromatic carbocycles. The first-order chi connectivity index (χ1) is 13.0. The highest BCUT2D eigenvalue weighted by atomic mass is 32.2. The van der Waals surface area contributed by atoms with Gasteiger partial charge < -0.3 is 0 Å². The molecule has 1 aliphatic rings. The van der Waals surface area contributed by atoms with Crippen molar-refractivity contribution in [2.45, 2.75) is 24.8 Å². The molecule has 3 aromatic rings. The first-order valence-electron chi connectivity index (χ1n) is 9.16. The molecule has 0 saturated carbocycles. The lowest BCUT2D eigenvalue weighted by atomic mass is 10.2. The van der Waals surface area contributed by atoms with Crippen LogP contribution in [0.1, 0.15) is 17.0 Å². The number of aromatic nitrogens is 1. The number of rotatable bonds is 4. The quantitative estimate of drug-likeness (QED) is 0.671. The van der Waals surface area contributed by atoms with Gasteiger partial charge in [0.25, 0.3) is 0 Å². The maximum absolute atomic E-state index is 12.9. The maximum Gasteiger partial charge on any atom is 0.243 e. The third-order valence-electron chi connectivity index (χ3n) is 4.90. The molecule has 0 unspecified atom stereocenters. The molecule has 0 atom stereocenters. The Labute approximate surface area is 164 Å². The van der Waals surface area contributed by atoms with Gasteiger partial charge in [0, 0.05) is 19.6 Å². The van der Waals surface area contributed by atoms with Crippen molar-refractivity contribution in [1.29, 1.82) is 0 Å². The van der Waals surface area contributed by atoms with E-state index in [1.807, 2.05) is 37.3 Å². The number of nitrogens with zero attached hydrogens (tertiary/aromatic N) is 3. The average molecular weight is 402 g/mol. The fraction of sp³-hybridized carbons (Fsp3) is 0.350. The van der Waals surface area contributed by atoms with Crippen LogP contribution in [-0.2, 0) is 16.6 Å². The molecule has 7 heteroatoms. The standard InChI is InChI=1S/C20H23N3O2S2/c1-16-7-9-17(10-8-16)27(24,25)23-12-4-11-22(13-14-23)15-20-21-18-5-2-3-6-19(18)26-20/h2-3,5-10H,4,11-15H2,1H3. The molecule has 0 N–H and O–H groups in total. The highest BCUT2D eigenvalue weighted by Gasteiger charge is 2.27. The molecule has 0 amide bonds. The molecule has 5 nitrogen and oxygen atoms in total. The van der Waals surface area contributed by atoms with Gasteiger partial charge in [-0.25, -0.2) is 13.4 Å². The monoisotopic (exact) mass is 401 g/mol. The first kappa shape index (κ1) is 18.6. The minimum atomic E-state index is -3.43. The zero-order valence-corrected chi connectivity index (χ0v) is 17.0. The molecule has 1 aromatic heterocycles. The number of fused-ring (bicyclic) bond motifs is 1. The molecule has 0 aliphatic carbocycles. The maximum atomic E-state index is 12.9. The van der Waals surface area contributed by atoms with Crippen LogP contribution in [-0.4, -0.2) is 48.8 Å². The fourth-order valence-electron chi connectivity index (χ4n) is 3.38. The van der Waals surface area contributed by atoms with Crippen molar-refractivity contribution in [3.63, 3.8) is 0 Å². The van der Waals surface area contributed by atoms with Gasteiger partial charge in [-0.15, -0.1) is 11.3 Å². The van der Waals surface area contributed by atoms with Gasteiger partial charge in [0.05, 0.1) is 21.7 Å². The molecule has 0 spiro atoms. The van der Waals surface area contributed by atoms with Gasteiger partial charge in [0.15, 0.2) is 0 Å². The first-order valence-corrected chi connectivity index (χ1v) is 11.4. The van der Waals surface area contributed by atoms with Crippen LogP contribution in [0.25, 0.3) is 10.2 Å². The van der Waals surface area contributed by atoms with Crippen molar-refractivity contribution in [3.8, 4) is 0 Å². The second-order valence-electron chi connectivity index (χ2n) is 6.92. The number of hydrogen-bond donors (Lipinski definition) is 0. The lowest BCUT2D eigenvalue weighted by molar-refractivity contribution is 0.278. The molecule has 142 valence electrons. The van der Waals surface area contributed by atoms with Crippen molar-refractivity contribution in [1.82, 2.24) is 14.2 Å². The molecule has 0 radical (unpaired) electrons. The Hall–Kier alpha value is -1.80. The normalized spacial score (nSPS) is 17.2. The third-order valence-corrected chi connectivity index (χ3v) is 7.84. The van der Waals surface area contributed by atoms with Crippen molar-refractivity contribution in [2.75, 3.05) is 26.2 Å². The number of benzene rings is 2. The van der Waals surface area contributed by atoms with Gasteiger partial charge in [-0.3, -0.25) is 4.90 Å². The Balaban J connectivity index is 1.44. The number of thiazole rings is 1. The second-order valence-corrected chi connectivity index (χ2v) is 9.98. The summed E-state index contributed by atoms with van der Waals surface area (Å²) in [6, 6.07) is 15.3. The van der Waals surface area contributed by atoms with Crippen molar-refractivity contribution in [3.05, 3.63) is 59.1 Å². The lowest BCUT2D eigenvalue weighted by Gasteiger charge is -2.21. The Kier molecular flexibility index (Phi) is 5.27. The van der Waals surface area contributed by atoms with Crippen molar-refractivity contribution in [2.24, 2.45) is 0 Å². The van der Waals surface area contributed by atoms with Crippen LogP contribution < -0.4 is 0 Å². The number of hydrogen-bond acceptors (Lipinski definition) is 5. The Bertz CT molecular complexity index is 996. The van der Waals surface area contributed by atoms with Crippen molar-refractivity contribution >= 4 is 31.6 Å². The lowest BCUT2D eigenvalue weighted by Crippen LogP contribution is -2.35. The van der Waals surface area contributed by atoms with Crippen LogP contribution in [0, 0.1) is 6.92 Å². The highest BCUT2D eigenvalue weighted by molar-refractivity contribution is 7.89. The van der Waals surface area contributed by atoms with E-state index in [0.29, 0.717) is 18.0 Å². The molecule has 0 bridgehead atoms. The van der Waals surface area contributed by atoms with Gasteiger partial charge in [-0.1, -0.05) is 29.8 Å². The van der Waals surface area contributed by atoms with Crippen LogP contribution >= 0.6 is 11.3 Å². The smallest absolute Gasteiger partial charge is 0.243 e. The molecule has 1 aliphatic heterocycles. The molecule has 4 rings (SSSR count). The van der Waals surface area contributed by atoms with Crippen LogP contribution in [0.2, 0.25) is 0 Å². The zero-order chi connectivity index (χ0) is 18.9. The molecule has 2 heterocycles. The third kappa shape index (κ3) is 4.06. The van der Waals surface area contributed by atoms with Crippen LogP contribution in [0.5, 0.6) is 0 Å².